The molecule has 0 saturated heterocycles. The van der Waals surface area contributed by atoms with E-state index in [2.05, 4.69) is 34.6 Å². The zero-order valence-electron chi connectivity index (χ0n) is 8.15. The fraction of sp³-hybridized carbons (Fsp3) is 1.00. The van der Waals surface area contributed by atoms with Crippen LogP contribution in [0.2, 0.25) is 0 Å². The van der Waals surface area contributed by atoms with Crippen LogP contribution in [-0.2, 0) is 0 Å². The van der Waals surface area contributed by atoms with Crippen molar-refractivity contribution < 1.29 is 0 Å². The Hall–Kier alpha value is 0.0569. The zero-order valence-corrected chi connectivity index (χ0v) is 10.2. The smallest absolute Gasteiger partial charge is 0.131 e. The number of rotatable bonds is 5. The van der Waals surface area contributed by atoms with E-state index in [0.717, 1.165) is 16.9 Å². The van der Waals surface area contributed by atoms with Gasteiger partial charge in [-0.1, -0.05) is 0 Å². The molecule has 0 aromatic carbocycles. The Kier molecular flexibility index (Phi) is 4.86. The van der Waals surface area contributed by atoms with Gasteiger partial charge in [-0.15, -0.1) is 0 Å². The van der Waals surface area contributed by atoms with Gasteiger partial charge >= 0.3 is 0 Å². The molecule has 0 amide bonds. The predicted molar refractivity (Wildman–Crippen MR) is 52.5 cm³/mol. The van der Waals surface area contributed by atoms with Crippen LogP contribution in [0.3, 0.4) is 0 Å². The number of likely N-dealkylation sites (N-methyl/N-ethyl adjacent to an activating group) is 3. The summed E-state index contributed by atoms with van der Waals surface area (Å²) < 4.78 is 0. The summed E-state index contributed by atoms with van der Waals surface area (Å²) >= 11 is 0. The second kappa shape index (κ2) is 4.84. The van der Waals surface area contributed by atoms with Gasteiger partial charge in [0.15, 0.2) is 0 Å². The number of hydrogen-bond acceptors (Lipinski definition) is 4. The predicted octanol–water partition coefficient (Wildman–Crippen LogP) is -2.49. The van der Waals surface area contributed by atoms with Gasteiger partial charge in [0, 0.05) is 6.54 Å². The van der Waals surface area contributed by atoms with E-state index in [-0.39, 0.29) is 5.79 Å². The van der Waals surface area contributed by atoms with E-state index in [1.807, 2.05) is 14.1 Å². The lowest BCUT2D eigenvalue weighted by Gasteiger charge is -2.39. The summed E-state index contributed by atoms with van der Waals surface area (Å²) in [7, 11) is 9.00. The summed E-state index contributed by atoms with van der Waals surface area (Å²) in [6.07, 6.45) is 0. The van der Waals surface area contributed by atoms with E-state index in [4.69, 9.17) is 0 Å². The molecular formula is C6H20N4Si. The standard InChI is InChI=1S/C6H20N4Si/c1-7-5-6(8-2,9-11)10(3)4/h7-9H,5H2,1-4,11H3. The highest BCUT2D eigenvalue weighted by atomic mass is 28.2. The van der Waals surface area contributed by atoms with Crippen molar-refractivity contribution in [3.05, 3.63) is 0 Å². The van der Waals surface area contributed by atoms with E-state index in [0.29, 0.717) is 0 Å². The lowest BCUT2D eigenvalue weighted by atomic mass is 10.3. The van der Waals surface area contributed by atoms with Gasteiger partial charge in [-0.2, -0.15) is 0 Å². The molecule has 0 aliphatic rings. The van der Waals surface area contributed by atoms with Crippen molar-refractivity contribution in [2.45, 2.75) is 5.79 Å². The largest absolute Gasteiger partial charge is 0.316 e. The van der Waals surface area contributed by atoms with Gasteiger partial charge in [0.05, 0.1) is 10.4 Å². The minimum absolute atomic E-state index is 0.0824. The van der Waals surface area contributed by atoms with Crippen LogP contribution in [0.15, 0.2) is 0 Å². The Morgan fingerprint density at radius 2 is 1.91 bits per heavy atom. The fourth-order valence-corrected chi connectivity index (χ4v) is 2.04. The molecule has 0 aromatic heterocycles. The molecule has 68 valence electrons. The van der Waals surface area contributed by atoms with Crippen LogP contribution in [0.1, 0.15) is 0 Å². The molecule has 0 aromatic rings. The molecule has 4 nitrogen and oxygen atoms in total. The Morgan fingerprint density at radius 3 is 2.00 bits per heavy atom. The fourth-order valence-electron chi connectivity index (χ4n) is 1.16. The van der Waals surface area contributed by atoms with E-state index in [1.165, 1.54) is 0 Å². The lowest BCUT2D eigenvalue weighted by Crippen LogP contribution is -2.68. The summed E-state index contributed by atoms with van der Waals surface area (Å²) in [5.41, 5.74) is 0. The third-order valence-electron chi connectivity index (χ3n) is 2.02. The van der Waals surface area contributed by atoms with Crippen molar-refractivity contribution in [3.63, 3.8) is 0 Å². The average Bonchev–Trinajstić information content (AvgIpc) is 2.00. The Labute approximate surface area is 72.2 Å². The Balaban J connectivity index is 4.20. The molecule has 0 radical (unpaired) electrons. The summed E-state index contributed by atoms with van der Waals surface area (Å²) in [5, 5.41) is 6.40. The molecule has 0 spiro atoms. The highest BCUT2D eigenvalue weighted by Crippen LogP contribution is 1.99. The van der Waals surface area contributed by atoms with E-state index < -0.39 is 0 Å². The zero-order chi connectivity index (χ0) is 8.91. The molecule has 5 heteroatoms. The molecule has 0 saturated carbocycles. The van der Waals surface area contributed by atoms with Crippen molar-refractivity contribution in [1.82, 2.24) is 20.5 Å². The van der Waals surface area contributed by atoms with Crippen LogP contribution in [0, 0.1) is 0 Å². The van der Waals surface area contributed by atoms with Crippen LogP contribution >= 0.6 is 0 Å². The second-order valence-corrected chi connectivity index (χ2v) is 3.29. The minimum Gasteiger partial charge on any atom is -0.316 e. The van der Waals surface area contributed by atoms with E-state index in [1.54, 1.807) is 0 Å². The van der Waals surface area contributed by atoms with Crippen LogP contribution in [0.4, 0.5) is 0 Å². The molecule has 0 aliphatic carbocycles. The maximum Gasteiger partial charge on any atom is 0.131 e. The van der Waals surface area contributed by atoms with Crippen molar-refractivity contribution in [1.29, 1.82) is 0 Å². The molecule has 1 atom stereocenters. The molecule has 1 unspecified atom stereocenters. The molecule has 0 rings (SSSR count). The van der Waals surface area contributed by atoms with Crippen molar-refractivity contribution in [2.75, 3.05) is 34.7 Å². The van der Waals surface area contributed by atoms with Gasteiger partial charge in [0.1, 0.15) is 5.79 Å². The number of nitrogens with one attached hydrogen (secondary N) is 3. The first-order chi connectivity index (χ1) is 5.13. The van der Waals surface area contributed by atoms with E-state index in [9.17, 15) is 0 Å². The van der Waals surface area contributed by atoms with Crippen LogP contribution in [-0.4, -0.2) is 55.8 Å². The summed E-state index contributed by atoms with van der Waals surface area (Å²) in [5.74, 6) is -0.0824. The van der Waals surface area contributed by atoms with E-state index >= 15 is 0 Å². The first kappa shape index (κ1) is 11.1. The highest BCUT2D eigenvalue weighted by Gasteiger charge is 2.26. The molecule has 3 N–H and O–H groups in total. The van der Waals surface area contributed by atoms with Gasteiger partial charge in [-0.3, -0.25) is 10.2 Å². The van der Waals surface area contributed by atoms with Crippen molar-refractivity contribution in [3.8, 4) is 0 Å². The molecular weight excluding hydrogens is 156 g/mol. The molecule has 0 fully saturated rings. The average molecular weight is 176 g/mol. The third kappa shape index (κ3) is 2.53. The van der Waals surface area contributed by atoms with Crippen molar-refractivity contribution in [2.24, 2.45) is 0 Å². The molecule has 11 heavy (non-hydrogen) atoms. The number of hydrogen-bond donors (Lipinski definition) is 3. The highest BCUT2D eigenvalue weighted by molar-refractivity contribution is 6.04. The second-order valence-electron chi connectivity index (χ2n) is 2.79. The topological polar surface area (TPSA) is 39.3 Å². The molecule has 0 aliphatic heterocycles. The molecule has 0 bridgehead atoms. The van der Waals surface area contributed by atoms with Gasteiger partial charge < -0.3 is 10.3 Å². The SMILES string of the molecule is CNCC(NC)(N[SiH3])N(C)C. The quantitative estimate of drug-likeness (QED) is 0.320. The summed E-state index contributed by atoms with van der Waals surface area (Å²) in [4.78, 5) is 5.49. The Bertz CT molecular complexity index is 103. The van der Waals surface area contributed by atoms with Crippen LogP contribution in [0.25, 0.3) is 0 Å². The van der Waals surface area contributed by atoms with Gasteiger partial charge in [0.2, 0.25) is 0 Å². The monoisotopic (exact) mass is 176 g/mol. The Morgan fingerprint density at radius 1 is 1.36 bits per heavy atom. The van der Waals surface area contributed by atoms with Crippen molar-refractivity contribution >= 4 is 10.4 Å². The first-order valence-corrected chi connectivity index (χ1v) is 4.83. The van der Waals surface area contributed by atoms with Gasteiger partial charge in [-0.25, -0.2) is 0 Å². The maximum absolute atomic E-state index is 3.36. The first-order valence-electron chi connectivity index (χ1n) is 3.83. The van der Waals surface area contributed by atoms with Gasteiger partial charge in [0.25, 0.3) is 0 Å². The summed E-state index contributed by atoms with van der Waals surface area (Å²) in [6.45, 7) is 0.889. The minimum atomic E-state index is -0.0824. The van der Waals surface area contributed by atoms with Crippen LogP contribution in [0.5, 0.6) is 0 Å². The van der Waals surface area contributed by atoms with Gasteiger partial charge in [-0.05, 0) is 28.2 Å². The third-order valence-corrected chi connectivity index (χ3v) is 2.85. The number of nitrogens with zero attached hydrogens (tertiary/aromatic N) is 1. The lowest BCUT2D eigenvalue weighted by molar-refractivity contribution is 0.106. The summed E-state index contributed by atoms with van der Waals surface area (Å²) in [6, 6.07) is 0. The maximum atomic E-state index is 3.36. The molecule has 0 heterocycles. The normalized spacial score (nSPS) is 17.2. The van der Waals surface area contributed by atoms with Crippen LogP contribution < -0.4 is 15.6 Å².